The number of rotatable bonds is 5. The predicted octanol–water partition coefficient (Wildman–Crippen LogP) is 4.73. The fourth-order valence-electron chi connectivity index (χ4n) is 2.29. The number of hydrogen-bond acceptors (Lipinski definition) is 3. The average Bonchev–Trinajstić information content (AvgIpc) is 2.44. The first-order valence-electron chi connectivity index (χ1n) is 7.50. The van der Waals surface area contributed by atoms with Crippen molar-refractivity contribution in [2.75, 3.05) is 0 Å². The molecule has 0 saturated heterocycles. The SMILES string of the molecule is CC(C)=CCC/C(C)=C/Cc1cc2ccc(=O)oc2cc1O. The van der Waals surface area contributed by atoms with Gasteiger partial charge < -0.3 is 9.52 Å². The van der Waals surface area contributed by atoms with Crippen molar-refractivity contribution >= 4 is 11.0 Å². The molecule has 0 aliphatic rings. The third-order valence-corrected chi connectivity index (χ3v) is 3.58. The quantitative estimate of drug-likeness (QED) is 0.641. The van der Waals surface area contributed by atoms with Crippen LogP contribution < -0.4 is 5.63 Å². The van der Waals surface area contributed by atoms with Gasteiger partial charge in [-0.1, -0.05) is 23.3 Å². The molecule has 0 fully saturated rings. The van der Waals surface area contributed by atoms with Crippen LogP contribution in [0.3, 0.4) is 0 Å². The number of allylic oxidation sites excluding steroid dienone is 4. The van der Waals surface area contributed by atoms with Crippen LogP contribution in [-0.4, -0.2) is 5.11 Å². The van der Waals surface area contributed by atoms with Crippen molar-refractivity contribution in [2.45, 2.75) is 40.0 Å². The second-order valence-corrected chi connectivity index (χ2v) is 5.85. The number of phenolic OH excluding ortho intramolecular Hbond substituents is 1. The summed E-state index contributed by atoms with van der Waals surface area (Å²) in [6, 6.07) is 6.49. The Morgan fingerprint density at radius 1 is 1.18 bits per heavy atom. The molecule has 1 N–H and O–H groups in total. The summed E-state index contributed by atoms with van der Waals surface area (Å²) in [5, 5.41) is 10.9. The van der Waals surface area contributed by atoms with Gasteiger partial charge >= 0.3 is 5.63 Å². The Hall–Kier alpha value is -2.29. The zero-order valence-electron chi connectivity index (χ0n) is 13.3. The van der Waals surface area contributed by atoms with Crippen LogP contribution in [0.1, 0.15) is 39.2 Å². The molecule has 1 aromatic carbocycles. The maximum Gasteiger partial charge on any atom is 0.336 e. The summed E-state index contributed by atoms with van der Waals surface area (Å²) in [6.45, 7) is 6.31. The molecular weight excluding hydrogens is 276 g/mol. The number of phenols is 1. The molecule has 0 atom stereocenters. The van der Waals surface area contributed by atoms with Gasteiger partial charge in [0.2, 0.25) is 0 Å². The molecule has 116 valence electrons. The first-order valence-corrected chi connectivity index (χ1v) is 7.50. The van der Waals surface area contributed by atoms with E-state index in [0.717, 1.165) is 23.8 Å². The Morgan fingerprint density at radius 2 is 1.95 bits per heavy atom. The third-order valence-electron chi connectivity index (χ3n) is 3.58. The zero-order valence-corrected chi connectivity index (χ0v) is 13.3. The lowest BCUT2D eigenvalue weighted by Gasteiger charge is -2.05. The fraction of sp³-hybridized carbons (Fsp3) is 0.316. The molecule has 2 aromatic rings. The lowest BCUT2D eigenvalue weighted by molar-refractivity contribution is 0.467. The third kappa shape index (κ3) is 4.35. The van der Waals surface area contributed by atoms with Crippen LogP contribution in [0.25, 0.3) is 11.0 Å². The summed E-state index contributed by atoms with van der Waals surface area (Å²) >= 11 is 0. The zero-order chi connectivity index (χ0) is 16.1. The molecule has 0 aliphatic heterocycles. The van der Waals surface area contributed by atoms with Gasteiger partial charge in [0.05, 0.1) is 0 Å². The highest BCUT2D eigenvalue weighted by Crippen LogP contribution is 2.25. The largest absolute Gasteiger partial charge is 0.508 e. The summed E-state index contributed by atoms with van der Waals surface area (Å²) in [5.74, 6) is 0.162. The molecule has 0 unspecified atom stereocenters. The van der Waals surface area contributed by atoms with Gasteiger partial charge in [-0.15, -0.1) is 0 Å². The maximum atomic E-state index is 11.2. The summed E-state index contributed by atoms with van der Waals surface area (Å²) in [7, 11) is 0. The van der Waals surface area contributed by atoms with E-state index in [1.807, 2.05) is 6.07 Å². The topological polar surface area (TPSA) is 50.4 Å². The van der Waals surface area contributed by atoms with Crippen molar-refractivity contribution in [2.24, 2.45) is 0 Å². The van der Waals surface area contributed by atoms with Crippen molar-refractivity contribution < 1.29 is 9.52 Å². The van der Waals surface area contributed by atoms with Crippen molar-refractivity contribution in [1.82, 2.24) is 0 Å². The van der Waals surface area contributed by atoms with Crippen LogP contribution in [0.15, 0.2) is 56.8 Å². The molecule has 0 amide bonds. The minimum Gasteiger partial charge on any atom is -0.508 e. The lowest BCUT2D eigenvalue weighted by Crippen LogP contribution is -1.95. The maximum absolute atomic E-state index is 11.2. The minimum absolute atomic E-state index is 0.162. The fourth-order valence-corrected chi connectivity index (χ4v) is 2.29. The molecule has 3 heteroatoms. The standard InChI is InChI=1S/C19H22O3/c1-13(2)5-4-6-14(3)7-8-15-11-16-9-10-19(21)22-18(16)12-17(15)20/h5,7,9-12,20H,4,6,8H2,1-3H3/b14-7+. The Balaban J connectivity index is 2.14. The van der Waals surface area contributed by atoms with E-state index in [-0.39, 0.29) is 5.75 Å². The molecule has 0 radical (unpaired) electrons. The second kappa shape index (κ2) is 7.12. The van der Waals surface area contributed by atoms with Gasteiger partial charge in [0, 0.05) is 17.5 Å². The first-order chi connectivity index (χ1) is 10.5. The van der Waals surface area contributed by atoms with E-state index in [1.165, 1.54) is 23.3 Å². The molecule has 22 heavy (non-hydrogen) atoms. The van der Waals surface area contributed by atoms with E-state index in [2.05, 4.69) is 32.9 Å². The Bertz CT molecular complexity index is 775. The Labute approximate surface area is 130 Å². The van der Waals surface area contributed by atoms with Crippen LogP contribution in [0, 0.1) is 0 Å². The molecule has 0 aliphatic carbocycles. The van der Waals surface area contributed by atoms with Crippen molar-refractivity contribution in [3.63, 3.8) is 0 Å². The van der Waals surface area contributed by atoms with Crippen LogP contribution in [0.5, 0.6) is 5.75 Å². The number of benzene rings is 1. The van der Waals surface area contributed by atoms with E-state index in [4.69, 9.17) is 4.42 Å². The molecule has 1 aromatic heterocycles. The van der Waals surface area contributed by atoms with Crippen molar-refractivity contribution in [3.8, 4) is 5.75 Å². The van der Waals surface area contributed by atoms with Crippen molar-refractivity contribution in [1.29, 1.82) is 0 Å². The minimum atomic E-state index is -0.408. The van der Waals surface area contributed by atoms with Crippen molar-refractivity contribution in [3.05, 3.63) is 63.5 Å². The van der Waals surface area contributed by atoms with Crippen LogP contribution in [0.4, 0.5) is 0 Å². The lowest BCUT2D eigenvalue weighted by atomic mass is 10.0. The van der Waals surface area contributed by atoms with Gasteiger partial charge in [0.25, 0.3) is 0 Å². The monoisotopic (exact) mass is 298 g/mol. The summed E-state index contributed by atoms with van der Waals surface area (Å²) in [4.78, 5) is 11.2. The Morgan fingerprint density at radius 3 is 2.68 bits per heavy atom. The predicted molar refractivity (Wildman–Crippen MR) is 90.3 cm³/mol. The van der Waals surface area contributed by atoms with Crippen LogP contribution in [0.2, 0.25) is 0 Å². The smallest absolute Gasteiger partial charge is 0.336 e. The van der Waals surface area contributed by atoms with Gasteiger partial charge in [-0.25, -0.2) is 4.79 Å². The van der Waals surface area contributed by atoms with E-state index in [9.17, 15) is 9.90 Å². The summed E-state index contributed by atoms with van der Waals surface area (Å²) in [6.07, 6.45) is 7.10. The molecule has 1 heterocycles. The van der Waals surface area contributed by atoms with Gasteiger partial charge in [-0.05, 0) is 57.7 Å². The normalized spacial score (nSPS) is 11.7. The van der Waals surface area contributed by atoms with E-state index >= 15 is 0 Å². The van der Waals surface area contributed by atoms with Crippen LogP contribution in [-0.2, 0) is 6.42 Å². The molecule has 2 rings (SSSR count). The molecule has 0 saturated carbocycles. The molecule has 0 spiro atoms. The average molecular weight is 298 g/mol. The van der Waals surface area contributed by atoms with Crippen LogP contribution >= 0.6 is 0 Å². The highest BCUT2D eigenvalue weighted by atomic mass is 16.4. The van der Waals surface area contributed by atoms with Gasteiger partial charge in [0.1, 0.15) is 11.3 Å². The van der Waals surface area contributed by atoms with Gasteiger partial charge in [0.15, 0.2) is 0 Å². The number of fused-ring (bicyclic) bond motifs is 1. The summed E-state index contributed by atoms with van der Waals surface area (Å²) < 4.78 is 5.06. The van der Waals surface area contributed by atoms with Gasteiger partial charge in [-0.3, -0.25) is 0 Å². The molecule has 0 bridgehead atoms. The molecular formula is C19H22O3. The van der Waals surface area contributed by atoms with E-state index in [1.54, 1.807) is 6.07 Å². The molecule has 3 nitrogen and oxygen atoms in total. The number of aromatic hydroxyl groups is 1. The summed E-state index contributed by atoms with van der Waals surface area (Å²) in [5.41, 5.74) is 3.48. The number of hydrogen-bond donors (Lipinski definition) is 1. The second-order valence-electron chi connectivity index (χ2n) is 5.85. The van der Waals surface area contributed by atoms with E-state index < -0.39 is 5.63 Å². The van der Waals surface area contributed by atoms with Gasteiger partial charge in [-0.2, -0.15) is 0 Å². The Kier molecular flexibility index (Phi) is 5.21. The van der Waals surface area contributed by atoms with E-state index in [0.29, 0.717) is 12.0 Å². The first kappa shape index (κ1) is 16.1. The highest BCUT2D eigenvalue weighted by Gasteiger charge is 2.05. The highest BCUT2D eigenvalue weighted by molar-refractivity contribution is 5.79.